The summed E-state index contributed by atoms with van der Waals surface area (Å²) in [5.41, 5.74) is 0. The number of sulfonamides is 1. The molecule has 2 rings (SSSR count). The highest BCUT2D eigenvalue weighted by Gasteiger charge is 2.21. The van der Waals surface area contributed by atoms with Crippen LogP contribution < -0.4 is 0 Å². The van der Waals surface area contributed by atoms with Crippen LogP contribution in [0.25, 0.3) is 0 Å². The third-order valence-electron chi connectivity index (χ3n) is 2.29. The molecule has 0 aromatic carbocycles. The standard InChI is InChI=1S/C10H12BrN3O3S/c1-13(2)18(15,16)10-4-3-9(17-10)7-14-6-8(11)5-12-14/h3-6H,7H2,1-2H3. The number of nitrogens with zero attached hydrogens (tertiary/aromatic N) is 3. The van der Waals surface area contributed by atoms with E-state index in [1.165, 1.54) is 20.2 Å². The van der Waals surface area contributed by atoms with E-state index in [4.69, 9.17) is 4.42 Å². The lowest BCUT2D eigenvalue weighted by atomic mass is 10.4. The highest BCUT2D eigenvalue weighted by Crippen LogP contribution is 2.18. The number of furan rings is 1. The van der Waals surface area contributed by atoms with Gasteiger partial charge in [-0.3, -0.25) is 4.68 Å². The van der Waals surface area contributed by atoms with Gasteiger partial charge < -0.3 is 4.42 Å². The predicted molar refractivity (Wildman–Crippen MR) is 68.6 cm³/mol. The average molecular weight is 334 g/mol. The van der Waals surface area contributed by atoms with E-state index in [1.54, 1.807) is 23.1 Å². The molecule has 0 radical (unpaired) electrons. The van der Waals surface area contributed by atoms with Crippen molar-refractivity contribution < 1.29 is 12.8 Å². The molecule has 0 saturated carbocycles. The fourth-order valence-corrected chi connectivity index (χ4v) is 2.49. The molecule has 6 nitrogen and oxygen atoms in total. The van der Waals surface area contributed by atoms with Gasteiger partial charge in [-0.1, -0.05) is 0 Å². The van der Waals surface area contributed by atoms with Crippen LogP contribution in [0.4, 0.5) is 0 Å². The van der Waals surface area contributed by atoms with E-state index in [2.05, 4.69) is 21.0 Å². The summed E-state index contributed by atoms with van der Waals surface area (Å²) in [6.07, 6.45) is 3.43. The molecule has 18 heavy (non-hydrogen) atoms. The molecule has 0 aliphatic rings. The van der Waals surface area contributed by atoms with E-state index in [0.29, 0.717) is 12.3 Å². The largest absolute Gasteiger partial charge is 0.446 e. The highest BCUT2D eigenvalue weighted by molar-refractivity contribution is 9.10. The van der Waals surface area contributed by atoms with Crippen LogP contribution in [0.1, 0.15) is 5.76 Å². The zero-order valence-corrected chi connectivity index (χ0v) is 12.3. The summed E-state index contributed by atoms with van der Waals surface area (Å²) in [6, 6.07) is 3.08. The van der Waals surface area contributed by atoms with Gasteiger partial charge in [0.2, 0.25) is 5.09 Å². The molecule has 8 heteroatoms. The maximum absolute atomic E-state index is 11.8. The summed E-state index contributed by atoms with van der Waals surface area (Å²) in [6.45, 7) is 0.383. The molecule has 0 unspecified atom stereocenters. The van der Waals surface area contributed by atoms with E-state index in [1.807, 2.05) is 0 Å². The van der Waals surface area contributed by atoms with Crippen molar-refractivity contribution in [3.05, 3.63) is 34.8 Å². The van der Waals surface area contributed by atoms with Crippen LogP contribution in [0.3, 0.4) is 0 Å². The summed E-state index contributed by atoms with van der Waals surface area (Å²) in [5.74, 6) is 0.533. The lowest BCUT2D eigenvalue weighted by Gasteiger charge is -2.07. The first kappa shape index (κ1) is 13.3. The molecule has 0 bridgehead atoms. The molecule has 0 amide bonds. The fraction of sp³-hybridized carbons (Fsp3) is 0.300. The Balaban J connectivity index is 2.21. The van der Waals surface area contributed by atoms with E-state index in [-0.39, 0.29) is 5.09 Å². The van der Waals surface area contributed by atoms with E-state index < -0.39 is 10.0 Å². The Morgan fingerprint density at radius 1 is 1.44 bits per heavy atom. The summed E-state index contributed by atoms with van der Waals surface area (Å²) in [4.78, 5) is 0. The van der Waals surface area contributed by atoms with Gasteiger partial charge in [-0.05, 0) is 28.1 Å². The molecule has 0 atom stereocenters. The van der Waals surface area contributed by atoms with Crippen molar-refractivity contribution in [2.24, 2.45) is 0 Å². The number of halogens is 1. The van der Waals surface area contributed by atoms with Gasteiger partial charge in [0.15, 0.2) is 0 Å². The molecule has 0 aliphatic heterocycles. The molecule has 0 aliphatic carbocycles. The second-order valence-corrected chi connectivity index (χ2v) is 6.86. The van der Waals surface area contributed by atoms with Crippen LogP contribution in [0.15, 0.2) is 38.5 Å². The van der Waals surface area contributed by atoms with Gasteiger partial charge in [-0.2, -0.15) is 5.10 Å². The van der Waals surface area contributed by atoms with E-state index >= 15 is 0 Å². The number of hydrogen-bond donors (Lipinski definition) is 0. The van der Waals surface area contributed by atoms with Gasteiger partial charge in [-0.15, -0.1) is 0 Å². The lowest BCUT2D eigenvalue weighted by Crippen LogP contribution is -2.21. The third-order valence-corrected chi connectivity index (χ3v) is 4.39. The van der Waals surface area contributed by atoms with Crippen molar-refractivity contribution in [1.82, 2.24) is 14.1 Å². The molecular weight excluding hydrogens is 322 g/mol. The maximum Gasteiger partial charge on any atom is 0.275 e. The molecule has 0 spiro atoms. The number of aromatic nitrogens is 2. The zero-order chi connectivity index (χ0) is 13.3. The summed E-state index contributed by atoms with van der Waals surface area (Å²) >= 11 is 3.29. The van der Waals surface area contributed by atoms with Gasteiger partial charge in [0, 0.05) is 20.3 Å². The predicted octanol–water partition coefficient (Wildman–Crippen LogP) is 1.54. The lowest BCUT2D eigenvalue weighted by molar-refractivity contribution is 0.387. The second-order valence-electron chi connectivity index (χ2n) is 3.86. The van der Waals surface area contributed by atoms with Gasteiger partial charge in [0.1, 0.15) is 5.76 Å². The summed E-state index contributed by atoms with van der Waals surface area (Å²) in [7, 11) is -0.594. The molecule has 2 heterocycles. The van der Waals surface area contributed by atoms with Crippen molar-refractivity contribution >= 4 is 26.0 Å². The zero-order valence-electron chi connectivity index (χ0n) is 9.87. The SMILES string of the molecule is CN(C)S(=O)(=O)c1ccc(Cn2cc(Br)cn2)o1. The monoisotopic (exact) mass is 333 g/mol. The van der Waals surface area contributed by atoms with Crippen molar-refractivity contribution in [3.63, 3.8) is 0 Å². The normalized spacial score (nSPS) is 12.2. The molecule has 0 saturated heterocycles. The van der Waals surface area contributed by atoms with Crippen LogP contribution in [0.2, 0.25) is 0 Å². The molecule has 0 N–H and O–H groups in total. The molecule has 2 aromatic heterocycles. The Hall–Kier alpha value is -1.12. The van der Waals surface area contributed by atoms with E-state index in [0.717, 1.165) is 8.78 Å². The van der Waals surface area contributed by atoms with Gasteiger partial charge in [0.05, 0.1) is 17.2 Å². The smallest absolute Gasteiger partial charge is 0.275 e. The van der Waals surface area contributed by atoms with Crippen molar-refractivity contribution in [2.45, 2.75) is 11.6 Å². The highest BCUT2D eigenvalue weighted by atomic mass is 79.9. The number of hydrogen-bond acceptors (Lipinski definition) is 4. The molecule has 2 aromatic rings. The van der Waals surface area contributed by atoms with Crippen LogP contribution >= 0.6 is 15.9 Å². The minimum Gasteiger partial charge on any atom is -0.446 e. The molecular formula is C10H12BrN3O3S. The fourth-order valence-electron chi connectivity index (χ4n) is 1.35. The van der Waals surface area contributed by atoms with Crippen LogP contribution in [0, 0.1) is 0 Å². The van der Waals surface area contributed by atoms with Crippen molar-refractivity contribution in [1.29, 1.82) is 0 Å². The van der Waals surface area contributed by atoms with E-state index in [9.17, 15) is 8.42 Å². The Morgan fingerprint density at radius 2 is 2.17 bits per heavy atom. The summed E-state index contributed by atoms with van der Waals surface area (Å²) < 4.78 is 32.5. The van der Waals surface area contributed by atoms with Crippen LogP contribution in [0.5, 0.6) is 0 Å². The maximum atomic E-state index is 11.8. The van der Waals surface area contributed by atoms with Gasteiger partial charge >= 0.3 is 0 Å². The van der Waals surface area contributed by atoms with Crippen LogP contribution in [-0.4, -0.2) is 36.6 Å². The minimum absolute atomic E-state index is 0.0614. The van der Waals surface area contributed by atoms with Gasteiger partial charge in [0.25, 0.3) is 10.0 Å². The Labute approximate surface area is 113 Å². The Bertz CT molecular complexity index is 645. The van der Waals surface area contributed by atoms with Crippen molar-refractivity contribution in [3.8, 4) is 0 Å². The molecule has 0 fully saturated rings. The first-order chi connectivity index (χ1) is 8.39. The first-order valence-corrected chi connectivity index (χ1v) is 7.32. The summed E-state index contributed by atoms with van der Waals surface area (Å²) in [5, 5.41) is 4.01. The topological polar surface area (TPSA) is 68.3 Å². The van der Waals surface area contributed by atoms with Crippen molar-refractivity contribution in [2.75, 3.05) is 14.1 Å². The first-order valence-electron chi connectivity index (χ1n) is 5.09. The van der Waals surface area contributed by atoms with Crippen LogP contribution in [-0.2, 0) is 16.6 Å². The Kier molecular flexibility index (Phi) is 3.60. The number of rotatable bonds is 4. The Morgan fingerprint density at radius 3 is 2.72 bits per heavy atom. The quantitative estimate of drug-likeness (QED) is 0.851. The average Bonchev–Trinajstić information content (AvgIpc) is 2.88. The third kappa shape index (κ3) is 2.65. The molecule has 98 valence electrons. The minimum atomic E-state index is -3.52. The second kappa shape index (κ2) is 4.87. The van der Waals surface area contributed by atoms with Gasteiger partial charge in [-0.25, -0.2) is 12.7 Å².